The van der Waals surface area contributed by atoms with Gasteiger partial charge in [-0.05, 0) is 24.6 Å². The summed E-state index contributed by atoms with van der Waals surface area (Å²) in [5, 5.41) is 21.8. The van der Waals surface area contributed by atoms with Crippen LogP contribution < -0.4 is 11.1 Å². The summed E-state index contributed by atoms with van der Waals surface area (Å²) >= 11 is 0. The summed E-state index contributed by atoms with van der Waals surface area (Å²) in [5.41, 5.74) is 5.69. The van der Waals surface area contributed by atoms with Crippen molar-refractivity contribution in [3.8, 4) is 11.5 Å². The van der Waals surface area contributed by atoms with E-state index in [0.29, 0.717) is 13.2 Å². The van der Waals surface area contributed by atoms with Crippen molar-refractivity contribution in [1.82, 2.24) is 5.32 Å². The Kier molecular flexibility index (Phi) is 5.41. The molecule has 1 aromatic rings. The van der Waals surface area contributed by atoms with E-state index in [2.05, 4.69) is 5.32 Å². The number of primary amides is 1. The van der Waals surface area contributed by atoms with E-state index in [9.17, 15) is 15.0 Å². The van der Waals surface area contributed by atoms with Crippen LogP contribution in [0.5, 0.6) is 11.5 Å². The summed E-state index contributed by atoms with van der Waals surface area (Å²) in [6, 6.07) is 4.36. The zero-order valence-corrected chi connectivity index (χ0v) is 10.2. The highest BCUT2D eigenvalue weighted by atomic mass is 16.5. The van der Waals surface area contributed by atoms with Crippen LogP contribution in [0.4, 0.5) is 0 Å². The molecule has 6 heteroatoms. The van der Waals surface area contributed by atoms with Crippen molar-refractivity contribution >= 4 is 5.91 Å². The molecule has 6 nitrogen and oxygen atoms in total. The Balaban J connectivity index is 2.36. The van der Waals surface area contributed by atoms with Crippen molar-refractivity contribution in [3.63, 3.8) is 0 Å². The van der Waals surface area contributed by atoms with Crippen molar-refractivity contribution in [2.45, 2.75) is 13.0 Å². The van der Waals surface area contributed by atoms with Crippen LogP contribution in [0.2, 0.25) is 0 Å². The number of hydrogen-bond donors (Lipinski definition) is 4. The first kappa shape index (κ1) is 14.3. The predicted molar refractivity (Wildman–Crippen MR) is 66.2 cm³/mol. The highest BCUT2D eigenvalue weighted by molar-refractivity contribution is 5.74. The molecule has 18 heavy (non-hydrogen) atoms. The Bertz CT molecular complexity index is 389. The fourth-order valence-electron chi connectivity index (χ4n) is 1.51. The lowest BCUT2D eigenvalue weighted by molar-refractivity contribution is -0.122. The summed E-state index contributed by atoms with van der Waals surface area (Å²) in [7, 11) is 0. The minimum absolute atomic E-state index is 0.0172. The van der Waals surface area contributed by atoms with Gasteiger partial charge in [0.2, 0.25) is 5.91 Å². The van der Waals surface area contributed by atoms with E-state index >= 15 is 0 Å². The maximum Gasteiger partial charge on any atom is 0.243 e. The summed E-state index contributed by atoms with van der Waals surface area (Å²) < 4.78 is 4.99. The second-order valence-corrected chi connectivity index (χ2v) is 3.98. The fourth-order valence-corrected chi connectivity index (χ4v) is 1.51. The molecule has 5 N–H and O–H groups in total. The van der Waals surface area contributed by atoms with E-state index in [1.165, 1.54) is 6.07 Å². The normalized spacial score (nSPS) is 12.3. The summed E-state index contributed by atoms with van der Waals surface area (Å²) in [4.78, 5) is 10.4. The standard InChI is InChI=1S/C12H18N2O4/c1-8(14-2-3-18-7-12(13)17)9-4-10(15)6-11(16)5-9/h4-6,8,14-16H,2-3,7H2,1H3,(H2,13,17). The molecule has 1 atom stereocenters. The van der Waals surface area contributed by atoms with Crippen LogP contribution in [0.15, 0.2) is 18.2 Å². The Hall–Kier alpha value is -1.79. The van der Waals surface area contributed by atoms with Crippen LogP contribution in [0.1, 0.15) is 18.5 Å². The van der Waals surface area contributed by atoms with Gasteiger partial charge in [0.25, 0.3) is 0 Å². The van der Waals surface area contributed by atoms with Crippen molar-refractivity contribution < 1.29 is 19.7 Å². The third-order valence-electron chi connectivity index (χ3n) is 2.37. The van der Waals surface area contributed by atoms with E-state index in [1.807, 2.05) is 6.92 Å². The fraction of sp³-hybridized carbons (Fsp3) is 0.417. The number of phenols is 2. The molecule has 1 aromatic carbocycles. The zero-order chi connectivity index (χ0) is 13.5. The summed E-state index contributed by atoms with van der Waals surface area (Å²) in [6.07, 6.45) is 0. The zero-order valence-electron chi connectivity index (χ0n) is 10.2. The quantitative estimate of drug-likeness (QED) is 0.522. The number of rotatable bonds is 7. The third kappa shape index (κ3) is 5.03. The van der Waals surface area contributed by atoms with Crippen LogP contribution in [-0.2, 0) is 9.53 Å². The minimum Gasteiger partial charge on any atom is -0.508 e. The third-order valence-corrected chi connectivity index (χ3v) is 2.37. The monoisotopic (exact) mass is 254 g/mol. The molecular formula is C12H18N2O4. The maximum absolute atomic E-state index is 10.4. The molecule has 0 saturated heterocycles. The molecular weight excluding hydrogens is 236 g/mol. The molecule has 1 rings (SSSR count). The van der Waals surface area contributed by atoms with Gasteiger partial charge in [-0.15, -0.1) is 0 Å². The van der Waals surface area contributed by atoms with E-state index in [0.717, 1.165) is 5.56 Å². The molecule has 1 unspecified atom stereocenters. The Morgan fingerprint density at radius 3 is 2.56 bits per heavy atom. The van der Waals surface area contributed by atoms with Gasteiger partial charge >= 0.3 is 0 Å². The lowest BCUT2D eigenvalue weighted by atomic mass is 10.1. The Labute approximate surface area is 105 Å². The van der Waals surface area contributed by atoms with Crippen LogP contribution in [0, 0.1) is 0 Å². The average molecular weight is 254 g/mol. The van der Waals surface area contributed by atoms with Gasteiger partial charge in [0.1, 0.15) is 18.1 Å². The number of ether oxygens (including phenoxy) is 1. The first-order valence-electron chi connectivity index (χ1n) is 5.61. The largest absolute Gasteiger partial charge is 0.508 e. The lowest BCUT2D eigenvalue weighted by Gasteiger charge is -2.14. The molecule has 0 radical (unpaired) electrons. The average Bonchev–Trinajstić information content (AvgIpc) is 2.26. The molecule has 100 valence electrons. The van der Waals surface area contributed by atoms with E-state index < -0.39 is 5.91 Å². The topological polar surface area (TPSA) is 105 Å². The number of aromatic hydroxyl groups is 2. The first-order valence-corrected chi connectivity index (χ1v) is 5.61. The van der Waals surface area contributed by atoms with Gasteiger partial charge in [-0.2, -0.15) is 0 Å². The molecule has 0 aliphatic carbocycles. The van der Waals surface area contributed by atoms with Gasteiger partial charge in [-0.1, -0.05) is 0 Å². The predicted octanol–water partition coefficient (Wildman–Crippen LogP) is 0.250. The van der Waals surface area contributed by atoms with Gasteiger partial charge < -0.3 is 26.0 Å². The number of benzene rings is 1. The minimum atomic E-state index is -0.499. The van der Waals surface area contributed by atoms with E-state index in [4.69, 9.17) is 10.5 Å². The number of amides is 1. The van der Waals surface area contributed by atoms with Crippen molar-refractivity contribution in [1.29, 1.82) is 0 Å². The molecule has 0 aliphatic rings. The van der Waals surface area contributed by atoms with Crippen molar-refractivity contribution in [2.24, 2.45) is 5.73 Å². The van der Waals surface area contributed by atoms with Gasteiger partial charge in [0, 0.05) is 18.7 Å². The smallest absolute Gasteiger partial charge is 0.243 e. The number of carbonyl (C=O) groups is 1. The second kappa shape index (κ2) is 6.83. The van der Waals surface area contributed by atoms with E-state index in [1.54, 1.807) is 12.1 Å². The molecule has 0 bridgehead atoms. The van der Waals surface area contributed by atoms with Gasteiger partial charge in [0.05, 0.1) is 6.61 Å². The number of nitrogens with one attached hydrogen (secondary N) is 1. The number of hydrogen-bond acceptors (Lipinski definition) is 5. The number of carbonyl (C=O) groups excluding carboxylic acids is 1. The SMILES string of the molecule is CC(NCCOCC(N)=O)c1cc(O)cc(O)c1. The molecule has 0 spiro atoms. The lowest BCUT2D eigenvalue weighted by Crippen LogP contribution is -2.25. The molecule has 1 amide bonds. The molecule has 0 saturated carbocycles. The Morgan fingerprint density at radius 1 is 1.39 bits per heavy atom. The van der Waals surface area contributed by atoms with Gasteiger partial charge in [-0.3, -0.25) is 4.79 Å². The summed E-state index contributed by atoms with van der Waals surface area (Å²) in [6.45, 7) is 2.69. The van der Waals surface area contributed by atoms with Crippen molar-refractivity contribution in [3.05, 3.63) is 23.8 Å². The van der Waals surface area contributed by atoms with E-state index in [-0.39, 0.29) is 24.1 Å². The maximum atomic E-state index is 10.4. The molecule has 0 aliphatic heterocycles. The first-order chi connectivity index (χ1) is 8.49. The van der Waals surface area contributed by atoms with Gasteiger partial charge in [0.15, 0.2) is 0 Å². The second-order valence-electron chi connectivity index (χ2n) is 3.98. The molecule has 0 heterocycles. The Morgan fingerprint density at radius 2 is 2.00 bits per heavy atom. The highest BCUT2D eigenvalue weighted by Gasteiger charge is 2.07. The van der Waals surface area contributed by atoms with Gasteiger partial charge in [-0.25, -0.2) is 0 Å². The van der Waals surface area contributed by atoms with Crippen LogP contribution in [0.3, 0.4) is 0 Å². The highest BCUT2D eigenvalue weighted by Crippen LogP contribution is 2.24. The molecule has 0 aromatic heterocycles. The molecule has 0 fully saturated rings. The number of nitrogens with two attached hydrogens (primary N) is 1. The van der Waals surface area contributed by atoms with Crippen LogP contribution in [0.25, 0.3) is 0 Å². The van der Waals surface area contributed by atoms with Crippen LogP contribution in [-0.4, -0.2) is 35.9 Å². The van der Waals surface area contributed by atoms with Crippen LogP contribution >= 0.6 is 0 Å². The number of phenolic OH excluding ortho intramolecular Hbond substituents is 2. The summed E-state index contributed by atoms with van der Waals surface area (Å²) in [5.74, 6) is -0.465. The van der Waals surface area contributed by atoms with Crippen molar-refractivity contribution in [2.75, 3.05) is 19.8 Å².